The van der Waals surface area contributed by atoms with Gasteiger partial charge in [0.15, 0.2) is 0 Å². The van der Waals surface area contributed by atoms with Gasteiger partial charge in [-0.3, -0.25) is 0 Å². The number of carbonyl (C=O) groups excluding carboxylic acids is 1. The largest absolute Gasteiger partial charge is 0.460 e. The summed E-state index contributed by atoms with van der Waals surface area (Å²) >= 11 is 0. The van der Waals surface area contributed by atoms with Gasteiger partial charge in [-0.1, -0.05) is 36.4 Å². The summed E-state index contributed by atoms with van der Waals surface area (Å²) in [6.45, 7) is 4.91. The number of benzene rings is 2. The number of nitrogens with one attached hydrogen (secondary N) is 1. The number of hydrogen-bond donors (Lipinski definition) is 1. The van der Waals surface area contributed by atoms with E-state index in [1.807, 2.05) is 56.3 Å². The first-order valence-electron chi connectivity index (χ1n) is 9.30. The van der Waals surface area contributed by atoms with Gasteiger partial charge in [-0.15, -0.1) is 0 Å². The van der Waals surface area contributed by atoms with Gasteiger partial charge in [0.2, 0.25) is 10.0 Å². The van der Waals surface area contributed by atoms with E-state index < -0.39 is 16.0 Å². The molecule has 0 radical (unpaired) electrons. The van der Waals surface area contributed by atoms with Crippen LogP contribution in [0.3, 0.4) is 0 Å². The summed E-state index contributed by atoms with van der Waals surface area (Å²) in [6, 6.07) is 19.1. The van der Waals surface area contributed by atoms with Gasteiger partial charge in [0.1, 0.15) is 6.61 Å². The van der Waals surface area contributed by atoms with E-state index in [4.69, 9.17) is 4.74 Å². The van der Waals surface area contributed by atoms with Crippen molar-refractivity contribution in [3.63, 3.8) is 0 Å². The van der Waals surface area contributed by atoms with E-state index in [-0.39, 0.29) is 23.6 Å². The van der Waals surface area contributed by atoms with Gasteiger partial charge < -0.3 is 9.30 Å². The minimum absolute atomic E-state index is 0.0278. The van der Waals surface area contributed by atoms with Gasteiger partial charge in [-0.2, -0.15) is 0 Å². The number of sulfonamides is 1. The third-order valence-electron chi connectivity index (χ3n) is 4.65. The highest BCUT2D eigenvalue weighted by Crippen LogP contribution is 2.14. The molecule has 1 aromatic heterocycles. The third kappa shape index (κ3) is 5.34. The molecule has 0 aliphatic rings. The number of esters is 1. The SMILES string of the molecule is Cc1ccc(C)n1CCOC(=O)c1cccc(S(=O)(=O)NCc2ccccc2)c1. The number of aryl methyl sites for hydroxylation is 2. The van der Waals surface area contributed by atoms with Crippen LogP contribution < -0.4 is 4.72 Å². The molecule has 0 spiro atoms. The van der Waals surface area contributed by atoms with Crippen LogP contribution in [0.4, 0.5) is 0 Å². The molecular weight excluding hydrogens is 388 g/mol. The normalized spacial score (nSPS) is 11.4. The minimum atomic E-state index is -3.74. The fourth-order valence-corrected chi connectivity index (χ4v) is 4.08. The summed E-state index contributed by atoms with van der Waals surface area (Å²) in [6.07, 6.45) is 0. The van der Waals surface area contributed by atoms with Crippen LogP contribution in [-0.2, 0) is 27.8 Å². The second kappa shape index (κ2) is 9.07. The zero-order chi connectivity index (χ0) is 20.9. The molecule has 0 saturated carbocycles. The molecule has 0 unspecified atom stereocenters. The molecule has 0 amide bonds. The van der Waals surface area contributed by atoms with Crippen LogP contribution in [0.15, 0.2) is 71.6 Å². The number of nitrogens with zero attached hydrogens (tertiary/aromatic N) is 1. The molecule has 1 heterocycles. The predicted octanol–water partition coefficient (Wildman–Crippen LogP) is 3.44. The first-order valence-corrected chi connectivity index (χ1v) is 10.8. The van der Waals surface area contributed by atoms with Crippen LogP contribution in [0.2, 0.25) is 0 Å². The topological polar surface area (TPSA) is 77.4 Å². The van der Waals surface area contributed by atoms with Crippen molar-refractivity contribution in [2.24, 2.45) is 0 Å². The van der Waals surface area contributed by atoms with E-state index in [0.717, 1.165) is 17.0 Å². The summed E-state index contributed by atoms with van der Waals surface area (Å²) in [5.41, 5.74) is 3.24. The second-order valence-corrected chi connectivity index (χ2v) is 8.51. The van der Waals surface area contributed by atoms with Crippen molar-refractivity contribution < 1.29 is 17.9 Å². The number of ether oxygens (including phenoxy) is 1. The summed E-state index contributed by atoms with van der Waals surface area (Å²) < 4.78 is 35.1. The van der Waals surface area contributed by atoms with E-state index in [2.05, 4.69) is 9.29 Å². The molecule has 0 fully saturated rings. The predicted molar refractivity (Wildman–Crippen MR) is 111 cm³/mol. The molecule has 29 heavy (non-hydrogen) atoms. The van der Waals surface area contributed by atoms with Gasteiger partial charge in [0, 0.05) is 17.9 Å². The molecule has 0 saturated heterocycles. The highest BCUT2D eigenvalue weighted by molar-refractivity contribution is 7.89. The Morgan fingerprint density at radius 3 is 2.34 bits per heavy atom. The molecule has 6 nitrogen and oxygen atoms in total. The molecule has 7 heteroatoms. The average Bonchev–Trinajstić information content (AvgIpc) is 3.05. The molecule has 0 aliphatic heterocycles. The van der Waals surface area contributed by atoms with Gasteiger partial charge in [-0.05, 0) is 49.7 Å². The maximum atomic E-state index is 12.6. The highest BCUT2D eigenvalue weighted by Gasteiger charge is 2.17. The Labute approximate surface area is 171 Å². The van der Waals surface area contributed by atoms with Crippen molar-refractivity contribution in [3.8, 4) is 0 Å². The molecule has 3 rings (SSSR count). The molecule has 0 atom stereocenters. The quantitative estimate of drug-likeness (QED) is 0.575. The zero-order valence-corrected chi connectivity index (χ0v) is 17.3. The lowest BCUT2D eigenvalue weighted by molar-refractivity contribution is 0.0490. The summed E-state index contributed by atoms with van der Waals surface area (Å²) in [5.74, 6) is -0.549. The third-order valence-corrected chi connectivity index (χ3v) is 6.05. The smallest absolute Gasteiger partial charge is 0.338 e. The Kier molecular flexibility index (Phi) is 6.51. The van der Waals surface area contributed by atoms with Crippen LogP contribution in [0.25, 0.3) is 0 Å². The molecule has 1 N–H and O–H groups in total. The molecule has 0 aliphatic carbocycles. The highest BCUT2D eigenvalue weighted by atomic mass is 32.2. The first-order chi connectivity index (χ1) is 13.9. The van der Waals surface area contributed by atoms with Crippen molar-refractivity contribution in [1.82, 2.24) is 9.29 Å². The maximum Gasteiger partial charge on any atom is 0.338 e. The number of carbonyl (C=O) groups is 1. The fraction of sp³-hybridized carbons (Fsp3) is 0.227. The van der Waals surface area contributed by atoms with E-state index in [9.17, 15) is 13.2 Å². The van der Waals surface area contributed by atoms with Crippen LogP contribution in [-0.4, -0.2) is 25.6 Å². The van der Waals surface area contributed by atoms with Crippen molar-refractivity contribution >= 4 is 16.0 Å². The molecular formula is C22H24N2O4S. The fourth-order valence-electron chi connectivity index (χ4n) is 3.01. The lowest BCUT2D eigenvalue weighted by Gasteiger charge is -2.11. The van der Waals surface area contributed by atoms with E-state index in [0.29, 0.717) is 6.54 Å². The van der Waals surface area contributed by atoms with Crippen molar-refractivity contribution in [2.45, 2.75) is 31.8 Å². The van der Waals surface area contributed by atoms with Gasteiger partial charge >= 0.3 is 5.97 Å². The van der Waals surface area contributed by atoms with E-state index >= 15 is 0 Å². The van der Waals surface area contributed by atoms with Crippen molar-refractivity contribution in [1.29, 1.82) is 0 Å². The minimum Gasteiger partial charge on any atom is -0.460 e. The van der Waals surface area contributed by atoms with Crippen LogP contribution in [0.5, 0.6) is 0 Å². The zero-order valence-electron chi connectivity index (χ0n) is 16.5. The van der Waals surface area contributed by atoms with Crippen LogP contribution in [0, 0.1) is 13.8 Å². The maximum absolute atomic E-state index is 12.6. The first kappa shape index (κ1) is 20.8. The lowest BCUT2D eigenvalue weighted by atomic mass is 10.2. The molecule has 152 valence electrons. The number of rotatable bonds is 8. The Bertz CT molecular complexity index is 1070. The summed E-state index contributed by atoms with van der Waals surface area (Å²) in [4.78, 5) is 12.4. The van der Waals surface area contributed by atoms with Crippen LogP contribution >= 0.6 is 0 Å². The van der Waals surface area contributed by atoms with Gasteiger partial charge in [0.25, 0.3) is 0 Å². The van der Waals surface area contributed by atoms with E-state index in [1.54, 1.807) is 6.07 Å². The lowest BCUT2D eigenvalue weighted by Crippen LogP contribution is -2.23. The second-order valence-electron chi connectivity index (χ2n) is 6.74. The standard InChI is InChI=1S/C22H24N2O4S/c1-17-11-12-18(2)24(17)13-14-28-22(25)20-9-6-10-21(15-20)29(26,27)23-16-19-7-4-3-5-8-19/h3-12,15,23H,13-14,16H2,1-2H3. The summed E-state index contributed by atoms with van der Waals surface area (Å²) in [5, 5.41) is 0. The Hall–Kier alpha value is -2.90. The molecule has 2 aromatic carbocycles. The Morgan fingerprint density at radius 2 is 1.66 bits per heavy atom. The average molecular weight is 413 g/mol. The summed E-state index contributed by atoms with van der Waals surface area (Å²) in [7, 11) is -3.74. The van der Waals surface area contributed by atoms with Crippen molar-refractivity contribution in [2.75, 3.05) is 6.61 Å². The Balaban J connectivity index is 1.62. The number of hydrogen-bond acceptors (Lipinski definition) is 4. The van der Waals surface area contributed by atoms with E-state index in [1.165, 1.54) is 18.2 Å². The van der Waals surface area contributed by atoms with Gasteiger partial charge in [-0.25, -0.2) is 17.9 Å². The monoisotopic (exact) mass is 412 g/mol. The number of aromatic nitrogens is 1. The van der Waals surface area contributed by atoms with Crippen LogP contribution in [0.1, 0.15) is 27.3 Å². The van der Waals surface area contributed by atoms with Crippen molar-refractivity contribution in [3.05, 3.63) is 89.2 Å². The Morgan fingerprint density at radius 1 is 0.966 bits per heavy atom. The molecule has 0 bridgehead atoms. The molecule has 3 aromatic rings. The van der Waals surface area contributed by atoms with Gasteiger partial charge in [0.05, 0.1) is 17.0 Å².